The maximum Gasteiger partial charge on any atom is 0.269 e. The molecule has 1 fully saturated rings. The van der Waals surface area contributed by atoms with Gasteiger partial charge in [0.15, 0.2) is 0 Å². The fourth-order valence-electron chi connectivity index (χ4n) is 2.80. The second kappa shape index (κ2) is 8.19. The number of piperazine rings is 1. The van der Waals surface area contributed by atoms with Gasteiger partial charge in [0.1, 0.15) is 0 Å². The first-order valence-electron chi connectivity index (χ1n) is 7.60. The number of hydrogen-bond donors (Lipinski definition) is 2. The Bertz CT molecular complexity index is 491. The topological polar surface area (TPSA) is 81.9 Å². The van der Waals surface area contributed by atoms with Crippen LogP contribution in [0.15, 0.2) is 24.3 Å². The minimum absolute atomic E-state index is 0.0325. The monoisotopic (exact) mass is 308 g/mol. The zero-order chi connectivity index (χ0) is 15.9. The number of nitrogens with one attached hydrogen (secondary N) is 1. The zero-order valence-electron chi connectivity index (χ0n) is 12.9. The van der Waals surface area contributed by atoms with Gasteiger partial charge in [-0.3, -0.25) is 19.9 Å². The third-order valence-corrected chi connectivity index (χ3v) is 4.09. The molecule has 0 aliphatic carbocycles. The summed E-state index contributed by atoms with van der Waals surface area (Å²) in [5, 5.41) is 23.5. The first kappa shape index (κ1) is 16.8. The molecule has 2 rings (SSSR count). The van der Waals surface area contributed by atoms with Gasteiger partial charge in [-0.15, -0.1) is 0 Å². The number of rotatable bonds is 7. The van der Waals surface area contributed by atoms with Crippen LogP contribution >= 0.6 is 0 Å². The second-order valence-electron chi connectivity index (χ2n) is 5.62. The fraction of sp³-hybridized carbons (Fsp3) is 0.600. The fourth-order valence-corrected chi connectivity index (χ4v) is 2.80. The van der Waals surface area contributed by atoms with E-state index in [0.717, 1.165) is 38.3 Å². The summed E-state index contributed by atoms with van der Waals surface area (Å²) in [6.07, 6.45) is 0. The molecule has 0 saturated carbocycles. The van der Waals surface area contributed by atoms with Crippen LogP contribution < -0.4 is 5.32 Å². The van der Waals surface area contributed by atoms with E-state index in [4.69, 9.17) is 0 Å². The van der Waals surface area contributed by atoms with Crippen molar-refractivity contribution in [3.63, 3.8) is 0 Å². The molecule has 2 N–H and O–H groups in total. The first-order valence-corrected chi connectivity index (χ1v) is 7.60. The summed E-state index contributed by atoms with van der Waals surface area (Å²) in [5.74, 6) is 0. The molecule has 1 heterocycles. The highest BCUT2D eigenvalue weighted by molar-refractivity contribution is 5.36. The molecular formula is C15H24N4O3. The summed E-state index contributed by atoms with van der Waals surface area (Å²) < 4.78 is 0. The van der Waals surface area contributed by atoms with E-state index in [9.17, 15) is 15.2 Å². The van der Waals surface area contributed by atoms with Gasteiger partial charge in [-0.1, -0.05) is 12.1 Å². The first-order chi connectivity index (χ1) is 10.6. The Morgan fingerprint density at radius 2 is 2.18 bits per heavy atom. The van der Waals surface area contributed by atoms with Crippen molar-refractivity contribution >= 4 is 5.69 Å². The van der Waals surface area contributed by atoms with Crippen molar-refractivity contribution in [2.75, 3.05) is 52.9 Å². The smallest absolute Gasteiger partial charge is 0.269 e. The number of nitro groups is 1. The Kier molecular flexibility index (Phi) is 6.26. The lowest BCUT2D eigenvalue weighted by molar-refractivity contribution is -0.385. The van der Waals surface area contributed by atoms with Crippen molar-refractivity contribution in [1.29, 1.82) is 0 Å². The van der Waals surface area contributed by atoms with Gasteiger partial charge in [0.25, 0.3) is 5.69 Å². The molecule has 1 aliphatic heterocycles. The molecule has 0 amide bonds. The molecular weight excluding hydrogens is 284 g/mol. The Hall–Kier alpha value is -1.54. The number of hydrogen-bond acceptors (Lipinski definition) is 6. The van der Waals surface area contributed by atoms with E-state index in [1.165, 1.54) is 6.07 Å². The van der Waals surface area contributed by atoms with E-state index in [1.54, 1.807) is 12.1 Å². The van der Waals surface area contributed by atoms with Gasteiger partial charge < -0.3 is 10.4 Å². The molecule has 1 atom stereocenters. The minimum atomic E-state index is -0.364. The van der Waals surface area contributed by atoms with Crippen LogP contribution in [0.25, 0.3) is 0 Å². The zero-order valence-corrected chi connectivity index (χ0v) is 12.9. The summed E-state index contributed by atoms with van der Waals surface area (Å²) in [7, 11) is 1.95. The molecule has 1 aromatic rings. The van der Waals surface area contributed by atoms with Crippen molar-refractivity contribution in [2.45, 2.75) is 6.04 Å². The lowest BCUT2D eigenvalue weighted by atomic mass is 10.0. The molecule has 122 valence electrons. The van der Waals surface area contributed by atoms with Crippen molar-refractivity contribution < 1.29 is 10.0 Å². The van der Waals surface area contributed by atoms with Crippen molar-refractivity contribution in [1.82, 2.24) is 15.1 Å². The highest BCUT2D eigenvalue weighted by Gasteiger charge is 2.22. The molecule has 0 spiro atoms. The van der Waals surface area contributed by atoms with Crippen LogP contribution in [0.1, 0.15) is 11.6 Å². The van der Waals surface area contributed by atoms with E-state index in [-0.39, 0.29) is 23.3 Å². The van der Waals surface area contributed by atoms with Gasteiger partial charge in [-0.2, -0.15) is 0 Å². The average molecular weight is 308 g/mol. The molecule has 1 aliphatic rings. The van der Waals surface area contributed by atoms with Crippen LogP contribution in [0.4, 0.5) is 5.69 Å². The minimum Gasteiger partial charge on any atom is -0.395 e. The molecule has 0 radical (unpaired) electrons. The maximum absolute atomic E-state index is 11.0. The summed E-state index contributed by atoms with van der Waals surface area (Å²) in [6, 6.07) is 6.84. The van der Waals surface area contributed by atoms with Gasteiger partial charge in [0.05, 0.1) is 11.5 Å². The van der Waals surface area contributed by atoms with Gasteiger partial charge >= 0.3 is 0 Å². The van der Waals surface area contributed by atoms with E-state index in [0.29, 0.717) is 6.54 Å². The number of aliphatic hydroxyl groups is 1. The largest absolute Gasteiger partial charge is 0.395 e. The molecule has 1 aromatic carbocycles. The van der Waals surface area contributed by atoms with E-state index in [1.807, 2.05) is 13.1 Å². The number of benzene rings is 1. The molecule has 7 nitrogen and oxygen atoms in total. The Morgan fingerprint density at radius 1 is 1.45 bits per heavy atom. The van der Waals surface area contributed by atoms with Crippen molar-refractivity contribution in [2.24, 2.45) is 0 Å². The Labute approximate surface area is 130 Å². The SMILES string of the molecule is CN(CCO)C(CN1CCNCC1)c1cccc([N+](=O)[O-])c1. The Morgan fingerprint density at radius 3 is 2.82 bits per heavy atom. The maximum atomic E-state index is 11.0. The third kappa shape index (κ3) is 4.48. The van der Waals surface area contributed by atoms with Crippen LogP contribution in [0, 0.1) is 10.1 Å². The number of non-ortho nitro benzene ring substituents is 1. The number of aliphatic hydroxyl groups excluding tert-OH is 1. The molecule has 22 heavy (non-hydrogen) atoms. The van der Waals surface area contributed by atoms with Crippen molar-refractivity contribution in [3.05, 3.63) is 39.9 Å². The number of nitrogens with zero attached hydrogens (tertiary/aromatic N) is 3. The van der Waals surface area contributed by atoms with Crippen LogP contribution in [-0.2, 0) is 0 Å². The standard InChI is InChI=1S/C15H24N4O3/c1-17(9-10-20)15(12-18-7-5-16-6-8-18)13-3-2-4-14(11-13)19(21)22/h2-4,11,15-16,20H,5-10,12H2,1H3. The van der Waals surface area contributed by atoms with Gasteiger partial charge in [-0.25, -0.2) is 0 Å². The summed E-state index contributed by atoms with van der Waals surface area (Å²) in [6.45, 7) is 5.29. The second-order valence-corrected chi connectivity index (χ2v) is 5.62. The van der Waals surface area contributed by atoms with E-state index in [2.05, 4.69) is 15.1 Å². The predicted octanol–water partition coefficient (Wildman–Crippen LogP) is 0.465. The third-order valence-electron chi connectivity index (χ3n) is 4.09. The summed E-state index contributed by atoms with van der Waals surface area (Å²) in [4.78, 5) is 15.0. The van der Waals surface area contributed by atoms with Gasteiger partial charge in [0.2, 0.25) is 0 Å². The molecule has 1 unspecified atom stereocenters. The van der Waals surface area contributed by atoms with Crippen LogP contribution in [0.3, 0.4) is 0 Å². The van der Waals surface area contributed by atoms with Crippen molar-refractivity contribution in [3.8, 4) is 0 Å². The summed E-state index contributed by atoms with van der Waals surface area (Å²) in [5.41, 5.74) is 1.03. The van der Waals surface area contributed by atoms with Crippen LogP contribution in [0.5, 0.6) is 0 Å². The van der Waals surface area contributed by atoms with E-state index < -0.39 is 0 Å². The summed E-state index contributed by atoms with van der Waals surface area (Å²) >= 11 is 0. The highest BCUT2D eigenvalue weighted by Crippen LogP contribution is 2.24. The van der Waals surface area contributed by atoms with E-state index >= 15 is 0 Å². The number of likely N-dealkylation sites (N-methyl/N-ethyl adjacent to an activating group) is 1. The lowest BCUT2D eigenvalue weighted by Crippen LogP contribution is -2.47. The number of nitro benzene ring substituents is 1. The molecule has 1 saturated heterocycles. The van der Waals surface area contributed by atoms with Crippen LogP contribution in [0.2, 0.25) is 0 Å². The van der Waals surface area contributed by atoms with Gasteiger partial charge in [0, 0.05) is 57.4 Å². The molecule has 7 heteroatoms. The normalized spacial score (nSPS) is 17.6. The highest BCUT2D eigenvalue weighted by atomic mass is 16.6. The lowest BCUT2D eigenvalue weighted by Gasteiger charge is -2.35. The van der Waals surface area contributed by atoms with Gasteiger partial charge in [-0.05, 0) is 12.6 Å². The Balaban J connectivity index is 2.18. The average Bonchev–Trinajstić information content (AvgIpc) is 2.54. The molecule has 0 bridgehead atoms. The van der Waals surface area contributed by atoms with Crippen LogP contribution in [-0.4, -0.2) is 72.8 Å². The predicted molar refractivity (Wildman–Crippen MR) is 84.9 cm³/mol. The molecule has 0 aromatic heterocycles. The quantitative estimate of drug-likeness (QED) is 0.563.